The zero-order valence-electron chi connectivity index (χ0n) is 11.4. The molecular weight excluding hydrogens is 212 g/mol. The quantitative estimate of drug-likeness (QED) is 0.690. The molecule has 0 aromatic heterocycles. The van der Waals surface area contributed by atoms with Crippen LogP contribution < -0.4 is 0 Å². The van der Waals surface area contributed by atoms with Crippen molar-refractivity contribution in [3.63, 3.8) is 0 Å². The molecule has 0 aromatic carbocycles. The highest BCUT2D eigenvalue weighted by Gasteiger charge is 2.51. The van der Waals surface area contributed by atoms with E-state index in [1.54, 1.807) is 0 Å². The Kier molecular flexibility index (Phi) is 3.16. The topological polar surface area (TPSA) is 40.5 Å². The minimum absolute atomic E-state index is 0.0181. The summed E-state index contributed by atoms with van der Waals surface area (Å²) in [4.78, 5) is 0. The molecule has 2 nitrogen and oxygen atoms in total. The number of aliphatic hydroxyl groups excluding tert-OH is 1. The lowest BCUT2D eigenvalue weighted by Gasteiger charge is -2.53. The van der Waals surface area contributed by atoms with Crippen molar-refractivity contribution in [3.8, 4) is 0 Å². The van der Waals surface area contributed by atoms with Crippen LogP contribution >= 0.6 is 0 Å². The molecule has 2 N–H and O–H groups in total. The summed E-state index contributed by atoms with van der Waals surface area (Å²) >= 11 is 0. The monoisotopic (exact) mass is 238 g/mol. The summed E-state index contributed by atoms with van der Waals surface area (Å²) < 4.78 is 0. The summed E-state index contributed by atoms with van der Waals surface area (Å²) in [7, 11) is 0. The van der Waals surface area contributed by atoms with Crippen molar-refractivity contribution < 1.29 is 10.2 Å². The van der Waals surface area contributed by atoms with Gasteiger partial charge in [0.1, 0.15) is 0 Å². The van der Waals surface area contributed by atoms with E-state index in [1.807, 2.05) is 13.8 Å². The Morgan fingerprint density at radius 3 is 2.59 bits per heavy atom. The van der Waals surface area contributed by atoms with Crippen LogP contribution in [0, 0.1) is 17.3 Å². The van der Waals surface area contributed by atoms with Crippen molar-refractivity contribution in [1.29, 1.82) is 0 Å². The lowest BCUT2D eigenvalue weighted by Crippen LogP contribution is -2.53. The average Bonchev–Trinajstić information content (AvgIpc) is 2.14. The molecule has 98 valence electrons. The fraction of sp³-hybridized carbons (Fsp3) is 0.867. The molecule has 2 heteroatoms. The van der Waals surface area contributed by atoms with Gasteiger partial charge >= 0.3 is 0 Å². The summed E-state index contributed by atoms with van der Waals surface area (Å²) in [5, 5.41) is 20.8. The van der Waals surface area contributed by atoms with E-state index in [4.69, 9.17) is 0 Å². The van der Waals surface area contributed by atoms with E-state index in [9.17, 15) is 10.2 Å². The van der Waals surface area contributed by atoms with Crippen molar-refractivity contribution in [2.24, 2.45) is 17.3 Å². The lowest BCUT2D eigenvalue weighted by molar-refractivity contribution is -0.122. The molecule has 0 bridgehead atoms. The van der Waals surface area contributed by atoms with Crippen molar-refractivity contribution in [1.82, 2.24) is 0 Å². The second-order valence-electron chi connectivity index (χ2n) is 6.93. The van der Waals surface area contributed by atoms with Crippen LogP contribution in [0.5, 0.6) is 0 Å². The van der Waals surface area contributed by atoms with Gasteiger partial charge in [0, 0.05) is 11.8 Å². The van der Waals surface area contributed by atoms with Crippen LogP contribution in [0.15, 0.2) is 12.2 Å². The second kappa shape index (κ2) is 4.10. The Labute approximate surface area is 105 Å². The third kappa shape index (κ3) is 2.17. The summed E-state index contributed by atoms with van der Waals surface area (Å²) in [5.41, 5.74) is 0.606. The fourth-order valence-electron chi connectivity index (χ4n) is 4.12. The highest BCUT2D eigenvalue weighted by molar-refractivity contribution is 5.16. The molecule has 2 aliphatic rings. The summed E-state index contributed by atoms with van der Waals surface area (Å²) in [5.74, 6) is 0.164. The van der Waals surface area contributed by atoms with Crippen LogP contribution in [0.3, 0.4) is 0 Å². The first-order valence-corrected chi connectivity index (χ1v) is 6.84. The molecule has 0 radical (unpaired) electrons. The molecule has 4 atom stereocenters. The van der Waals surface area contributed by atoms with Crippen molar-refractivity contribution >= 4 is 0 Å². The molecule has 0 heterocycles. The number of rotatable bonds is 1. The van der Waals surface area contributed by atoms with Gasteiger partial charge in [-0.15, -0.1) is 0 Å². The number of hydrogen-bond donors (Lipinski definition) is 2. The maximum absolute atomic E-state index is 10.6. The Bertz CT molecular complexity index is 315. The van der Waals surface area contributed by atoms with Crippen LogP contribution in [0.1, 0.15) is 52.9 Å². The minimum Gasteiger partial charge on any atom is -0.392 e. The predicted octanol–water partition coefficient (Wildman–Crippen LogP) is 2.89. The van der Waals surface area contributed by atoms with Gasteiger partial charge in [0.2, 0.25) is 0 Å². The molecule has 2 saturated carbocycles. The molecular formula is C15H26O2. The highest BCUT2D eigenvalue weighted by Crippen LogP contribution is 2.54. The molecule has 2 rings (SSSR count). The predicted molar refractivity (Wildman–Crippen MR) is 69.6 cm³/mol. The molecule has 0 spiro atoms. The molecule has 2 fully saturated rings. The maximum Gasteiger partial charge on any atom is 0.0665 e. The normalized spacial score (nSPS) is 43.4. The maximum atomic E-state index is 10.6. The third-order valence-electron chi connectivity index (χ3n) is 5.12. The van der Waals surface area contributed by atoms with Gasteiger partial charge in [-0.25, -0.2) is 0 Å². The van der Waals surface area contributed by atoms with E-state index >= 15 is 0 Å². The molecule has 2 aliphatic carbocycles. The zero-order chi connectivity index (χ0) is 12.8. The van der Waals surface area contributed by atoms with E-state index < -0.39 is 11.7 Å². The SMILES string of the molecule is C=C1CCCC2(C)CCC(C(C)(C)O)C(O)C12. The number of hydrogen-bond acceptors (Lipinski definition) is 2. The number of fused-ring (bicyclic) bond motifs is 1. The fourth-order valence-corrected chi connectivity index (χ4v) is 4.12. The van der Waals surface area contributed by atoms with Gasteiger partial charge in [0.05, 0.1) is 11.7 Å². The van der Waals surface area contributed by atoms with E-state index in [1.165, 1.54) is 18.4 Å². The molecule has 0 amide bonds. The van der Waals surface area contributed by atoms with Crippen LogP contribution in [-0.4, -0.2) is 21.9 Å². The van der Waals surface area contributed by atoms with Gasteiger partial charge in [0.15, 0.2) is 0 Å². The Morgan fingerprint density at radius 1 is 1.35 bits per heavy atom. The second-order valence-corrected chi connectivity index (χ2v) is 6.93. The van der Waals surface area contributed by atoms with Gasteiger partial charge in [0.25, 0.3) is 0 Å². The minimum atomic E-state index is -0.793. The van der Waals surface area contributed by atoms with E-state index in [0.29, 0.717) is 0 Å². The molecule has 17 heavy (non-hydrogen) atoms. The van der Waals surface area contributed by atoms with Crippen molar-refractivity contribution in [2.75, 3.05) is 0 Å². The summed E-state index contributed by atoms with van der Waals surface area (Å²) in [6, 6.07) is 0. The van der Waals surface area contributed by atoms with Gasteiger partial charge in [-0.2, -0.15) is 0 Å². The Morgan fingerprint density at radius 2 is 2.00 bits per heavy atom. The molecule has 0 aromatic rings. The summed E-state index contributed by atoms with van der Waals surface area (Å²) in [6.07, 6.45) is 5.02. The first-order chi connectivity index (χ1) is 7.76. The largest absolute Gasteiger partial charge is 0.392 e. The standard InChI is InChI=1S/C15H26O2/c1-10-6-5-8-15(4)9-7-11(14(2,3)17)13(16)12(10)15/h11-13,16-17H,1,5-9H2,2-4H3. The van der Waals surface area contributed by atoms with Crippen LogP contribution in [-0.2, 0) is 0 Å². The Hall–Kier alpha value is -0.340. The number of aliphatic hydroxyl groups is 2. The van der Waals surface area contributed by atoms with Gasteiger partial charge in [-0.1, -0.05) is 19.1 Å². The van der Waals surface area contributed by atoms with Crippen molar-refractivity contribution in [2.45, 2.75) is 64.6 Å². The smallest absolute Gasteiger partial charge is 0.0665 e. The zero-order valence-corrected chi connectivity index (χ0v) is 11.4. The van der Waals surface area contributed by atoms with Gasteiger partial charge in [-0.3, -0.25) is 0 Å². The van der Waals surface area contributed by atoms with Gasteiger partial charge < -0.3 is 10.2 Å². The first kappa shape index (κ1) is 13.1. The van der Waals surface area contributed by atoms with Crippen LogP contribution in [0.4, 0.5) is 0 Å². The summed E-state index contributed by atoms with van der Waals surface area (Å²) in [6.45, 7) is 10.1. The first-order valence-electron chi connectivity index (χ1n) is 6.84. The highest BCUT2D eigenvalue weighted by atomic mass is 16.3. The Balaban J connectivity index is 2.27. The van der Waals surface area contributed by atoms with E-state index in [-0.39, 0.29) is 17.3 Å². The van der Waals surface area contributed by atoms with Crippen molar-refractivity contribution in [3.05, 3.63) is 12.2 Å². The third-order valence-corrected chi connectivity index (χ3v) is 5.12. The average molecular weight is 238 g/mol. The van der Waals surface area contributed by atoms with E-state index in [2.05, 4.69) is 13.5 Å². The molecule has 0 saturated heterocycles. The molecule has 0 aliphatic heterocycles. The van der Waals surface area contributed by atoms with Gasteiger partial charge in [-0.05, 0) is 51.4 Å². The van der Waals surface area contributed by atoms with Crippen LogP contribution in [0.25, 0.3) is 0 Å². The molecule has 4 unspecified atom stereocenters. The van der Waals surface area contributed by atoms with Crippen LogP contribution in [0.2, 0.25) is 0 Å². The lowest BCUT2D eigenvalue weighted by atomic mass is 9.54. The van der Waals surface area contributed by atoms with E-state index in [0.717, 1.165) is 19.3 Å².